The van der Waals surface area contributed by atoms with Gasteiger partial charge in [0.2, 0.25) is 6.08 Å². The molecule has 0 spiro atoms. The van der Waals surface area contributed by atoms with Crippen molar-refractivity contribution in [2.24, 2.45) is 4.99 Å². The van der Waals surface area contributed by atoms with Gasteiger partial charge >= 0.3 is 0 Å². The lowest BCUT2D eigenvalue weighted by Gasteiger charge is -1.95. The Bertz CT molecular complexity index is 318. The second kappa shape index (κ2) is 3.32. The van der Waals surface area contributed by atoms with Gasteiger partial charge in [-0.2, -0.15) is 4.99 Å². The third-order valence-corrected chi connectivity index (χ3v) is 1.60. The molecule has 4 heteroatoms. The van der Waals surface area contributed by atoms with Gasteiger partial charge in [-0.25, -0.2) is 4.79 Å². The molecule has 0 saturated carbocycles. The van der Waals surface area contributed by atoms with Gasteiger partial charge in [-0.3, -0.25) is 0 Å². The second-order valence-corrected chi connectivity index (χ2v) is 2.75. The maximum atomic E-state index is 9.80. The predicted octanol–water partition coefficient (Wildman–Crippen LogP) is 2.12. The highest BCUT2D eigenvalue weighted by molar-refractivity contribution is 9.10. The number of halogens is 1. The summed E-state index contributed by atoms with van der Waals surface area (Å²) in [5.74, 6) is -0.0391. The first-order valence-electron chi connectivity index (χ1n) is 2.80. The van der Waals surface area contributed by atoms with Crippen molar-refractivity contribution >= 4 is 27.7 Å². The minimum atomic E-state index is -0.0391. The van der Waals surface area contributed by atoms with Crippen LogP contribution in [0.1, 0.15) is 0 Å². The summed E-state index contributed by atoms with van der Waals surface area (Å²) in [5.41, 5.74) is 0.225. The Balaban J connectivity index is 3.19. The molecule has 0 amide bonds. The molecule has 0 atom stereocenters. The Morgan fingerprint density at radius 2 is 2.27 bits per heavy atom. The SMILES string of the molecule is O=C=Nc1ccc(Br)cc1O. The molecule has 0 radical (unpaired) electrons. The summed E-state index contributed by atoms with van der Waals surface area (Å²) < 4.78 is 0.736. The fraction of sp³-hybridized carbons (Fsp3) is 0. The van der Waals surface area contributed by atoms with Crippen LogP contribution in [0.4, 0.5) is 5.69 Å². The van der Waals surface area contributed by atoms with Crippen molar-refractivity contribution in [3.05, 3.63) is 22.7 Å². The van der Waals surface area contributed by atoms with Gasteiger partial charge in [0.05, 0.1) is 0 Å². The number of nitrogens with zero attached hydrogens (tertiary/aromatic N) is 1. The van der Waals surface area contributed by atoms with Crippen molar-refractivity contribution in [2.75, 3.05) is 0 Å². The van der Waals surface area contributed by atoms with E-state index in [1.807, 2.05) is 0 Å². The highest BCUT2D eigenvalue weighted by Crippen LogP contribution is 2.28. The number of hydrogen-bond donors (Lipinski definition) is 1. The molecule has 0 aliphatic carbocycles. The quantitative estimate of drug-likeness (QED) is 0.574. The average molecular weight is 214 g/mol. The number of isocyanates is 1. The van der Waals surface area contributed by atoms with Gasteiger partial charge in [0, 0.05) is 4.47 Å². The highest BCUT2D eigenvalue weighted by Gasteiger charge is 1.98. The van der Waals surface area contributed by atoms with Crippen LogP contribution in [0.3, 0.4) is 0 Å². The summed E-state index contributed by atoms with van der Waals surface area (Å²) in [4.78, 5) is 13.1. The van der Waals surface area contributed by atoms with E-state index in [-0.39, 0.29) is 11.4 Å². The summed E-state index contributed by atoms with van der Waals surface area (Å²) in [5, 5.41) is 9.12. The largest absolute Gasteiger partial charge is 0.506 e. The lowest BCUT2D eigenvalue weighted by molar-refractivity contribution is 0.476. The molecule has 0 aromatic heterocycles. The molecule has 3 nitrogen and oxygen atoms in total. The van der Waals surface area contributed by atoms with Crippen LogP contribution in [0.25, 0.3) is 0 Å². The van der Waals surface area contributed by atoms with Crippen LogP contribution in [0.5, 0.6) is 5.75 Å². The first-order valence-corrected chi connectivity index (χ1v) is 3.59. The van der Waals surface area contributed by atoms with E-state index in [1.54, 1.807) is 6.07 Å². The molecule has 0 heterocycles. The number of carbonyl (C=O) groups excluding carboxylic acids is 1. The van der Waals surface area contributed by atoms with Gasteiger partial charge in [0.25, 0.3) is 0 Å². The van der Waals surface area contributed by atoms with Gasteiger partial charge in [-0.1, -0.05) is 15.9 Å². The molecular weight excluding hydrogens is 210 g/mol. The number of phenolic OH excluding ortho intramolecular Hbond substituents is 1. The van der Waals surface area contributed by atoms with E-state index in [2.05, 4.69) is 20.9 Å². The molecule has 0 bridgehead atoms. The smallest absolute Gasteiger partial charge is 0.240 e. The van der Waals surface area contributed by atoms with E-state index in [9.17, 15) is 4.79 Å². The number of phenols is 1. The summed E-state index contributed by atoms with van der Waals surface area (Å²) >= 11 is 3.15. The summed E-state index contributed by atoms with van der Waals surface area (Å²) in [6.45, 7) is 0. The number of benzene rings is 1. The molecule has 11 heavy (non-hydrogen) atoms. The molecule has 0 unspecified atom stereocenters. The number of hydrogen-bond acceptors (Lipinski definition) is 3. The van der Waals surface area contributed by atoms with Crippen molar-refractivity contribution in [1.82, 2.24) is 0 Å². The minimum Gasteiger partial charge on any atom is -0.506 e. The van der Waals surface area contributed by atoms with E-state index < -0.39 is 0 Å². The zero-order valence-corrected chi connectivity index (χ0v) is 7.00. The molecule has 1 rings (SSSR count). The van der Waals surface area contributed by atoms with Crippen LogP contribution in [-0.4, -0.2) is 11.2 Å². The fourth-order valence-electron chi connectivity index (χ4n) is 0.640. The van der Waals surface area contributed by atoms with Crippen molar-refractivity contribution in [3.63, 3.8) is 0 Å². The summed E-state index contributed by atoms with van der Waals surface area (Å²) in [6, 6.07) is 4.65. The fourth-order valence-corrected chi connectivity index (χ4v) is 0.989. The van der Waals surface area contributed by atoms with Gasteiger partial charge in [0.15, 0.2) is 0 Å². The third kappa shape index (κ3) is 1.90. The van der Waals surface area contributed by atoms with Crippen LogP contribution in [0, 0.1) is 0 Å². The number of rotatable bonds is 1. The molecule has 0 aliphatic heterocycles. The normalized spacial score (nSPS) is 8.82. The highest BCUT2D eigenvalue weighted by atomic mass is 79.9. The zero-order valence-electron chi connectivity index (χ0n) is 5.41. The van der Waals surface area contributed by atoms with Crippen LogP contribution in [0.15, 0.2) is 27.7 Å². The molecule has 1 aromatic rings. The van der Waals surface area contributed by atoms with E-state index in [1.165, 1.54) is 18.2 Å². The maximum absolute atomic E-state index is 9.80. The molecule has 0 fully saturated rings. The standard InChI is InChI=1S/C7H4BrNO2/c8-5-1-2-6(9-4-10)7(11)3-5/h1-3,11H. The Labute approximate surface area is 71.5 Å². The van der Waals surface area contributed by atoms with Crippen molar-refractivity contribution < 1.29 is 9.90 Å². The predicted molar refractivity (Wildman–Crippen MR) is 43.6 cm³/mol. The van der Waals surface area contributed by atoms with E-state index in [0.29, 0.717) is 0 Å². The summed E-state index contributed by atoms with van der Waals surface area (Å²) in [6.07, 6.45) is 1.34. The van der Waals surface area contributed by atoms with Crippen molar-refractivity contribution in [3.8, 4) is 5.75 Å². The van der Waals surface area contributed by atoms with Crippen molar-refractivity contribution in [1.29, 1.82) is 0 Å². The van der Waals surface area contributed by atoms with Crippen LogP contribution < -0.4 is 0 Å². The Morgan fingerprint density at radius 1 is 1.55 bits per heavy atom. The molecular formula is C7H4BrNO2. The minimum absolute atomic E-state index is 0.0391. The maximum Gasteiger partial charge on any atom is 0.240 e. The molecule has 0 aliphatic rings. The molecule has 1 aromatic carbocycles. The lowest BCUT2D eigenvalue weighted by Crippen LogP contribution is -1.68. The van der Waals surface area contributed by atoms with E-state index in [4.69, 9.17) is 5.11 Å². The van der Waals surface area contributed by atoms with Crippen LogP contribution >= 0.6 is 15.9 Å². The number of aliphatic imine (C=N–C) groups is 1. The third-order valence-electron chi connectivity index (χ3n) is 1.10. The lowest BCUT2D eigenvalue weighted by atomic mass is 10.3. The molecule has 1 N–H and O–H groups in total. The monoisotopic (exact) mass is 213 g/mol. The van der Waals surface area contributed by atoms with Gasteiger partial charge in [-0.05, 0) is 18.2 Å². The second-order valence-electron chi connectivity index (χ2n) is 1.84. The van der Waals surface area contributed by atoms with E-state index >= 15 is 0 Å². The molecule has 56 valence electrons. The first kappa shape index (κ1) is 7.98. The molecule has 0 saturated heterocycles. The Morgan fingerprint density at radius 3 is 2.82 bits per heavy atom. The van der Waals surface area contributed by atoms with Crippen molar-refractivity contribution in [2.45, 2.75) is 0 Å². The van der Waals surface area contributed by atoms with Gasteiger partial charge in [-0.15, -0.1) is 0 Å². The zero-order chi connectivity index (χ0) is 8.27. The topological polar surface area (TPSA) is 49.7 Å². The average Bonchev–Trinajstić information content (AvgIpc) is 1.95. The van der Waals surface area contributed by atoms with Gasteiger partial charge < -0.3 is 5.11 Å². The van der Waals surface area contributed by atoms with Gasteiger partial charge in [0.1, 0.15) is 11.4 Å². The van der Waals surface area contributed by atoms with E-state index in [0.717, 1.165) is 4.47 Å². The van der Waals surface area contributed by atoms with Crippen LogP contribution in [-0.2, 0) is 4.79 Å². The summed E-state index contributed by atoms with van der Waals surface area (Å²) in [7, 11) is 0. The Kier molecular flexibility index (Phi) is 2.41. The number of aromatic hydroxyl groups is 1. The van der Waals surface area contributed by atoms with Crippen LogP contribution in [0.2, 0.25) is 0 Å². The first-order chi connectivity index (χ1) is 5.24. The Hall–Kier alpha value is -1.12.